The molecule has 0 aliphatic rings. The van der Waals surface area contributed by atoms with E-state index in [0.717, 1.165) is 18.5 Å². The zero-order chi connectivity index (χ0) is 15.1. The molecule has 0 saturated heterocycles. The van der Waals surface area contributed by atoms with Crippen molar-refractivity contribution < 1.29 is 19.6 Å². The minimum Gasteiger partial charge on any atom is -0.423 e. The average molecular weight is 172 g/mol. The Morgan fingerprint density at radius 3 is 2.92 bits per heavy atom. The van der Waals surface area contributed by atoms with Gasteiger partial charge in [0.15, 0.2) is 0 Å². The van der Waals surface area contributed by atoms with E-state index in [1.54, 1.807) is 0 Å². The molecule has 64 valence electrons. The topological polar surface area (TPSA) is 53.4 Å². The van der Waals surface area contributed by atoms with E-state index in [0.29, 0.717) is 0 Å². The largest absolute Gasteiger partial charge is 0.490 e. The van der Waals surface area contributed by atoms with Crippen molar-refractivity contribution >= 4 is 12.6 Å². The fraction of sp³-hybridized carbons (Fsp3) is 0.375. The standard InChI is InChI=1S/C8H12BNO2/c1-6(2)7-3-8(9(11)12)5-10-4-7/h3-6,11-12H,1-2H3/i1D3,2D3,6D. The Labute approximate surface area is 82.1 Å². The highest BCUT2D eigenvalue weighted by Crippen LogP contribution is 2.10. The molecule has 12 heavy (non-hydrogen) atoms. The molecule has 0 saturated carbocycles. The zero-order valence-corrected chi connectivity index (χ0v) is 6.15. The van der Waals surface area contributed by atoms with Gasteiger partial charge in [0.1, 0.15) is 0 Å². The highest BCUT2D eigenvalue weighted by molar-refractivity contribution is 6.58. The molecule has 0 atom stereocenters. The van der Waals surface area contributed by atoms with Gasteiger partial charge >= 0.3 is 7.12 Å². The predicted octanol–water partition coefficient (Wildman–Crippen LogP) is -0.115. The van der Waals surface area contributed by atoms with E-state index in [1.807, 2.05) is 0 Å². The first-order valence-corrected chi connectivity index (χ1v) is 3.23. The van der Waals surface area contributed by atoms with Crippen LogP contribution in [0.2, 0.25) is 0 Å². The Morgan fingerprint density at radius 1 is 1.58 bits per heavy atom. The summed E-state index contributed by atoms with van der Waals surface area (Å²) in [5.74, 6) is -2.89. The van der Waals surface area contributed by atoms with E-state index in [4.69, 9.17) is 19.6 Å². The van der Waals surface area contributed by atoms with E-state index >= 15 is 0 Å². The van der Waals surface area contributed by atoms with Gasteiger partial charge in [-0.3, -0.25) is 4.98 Å². The lowest BCUT2D eigenvalue weighted by Crippen LogP contribution is -2.30. The lowest BCUT2D eigenvalue weighted by atomic mass is 9.80. The lowest BCUT2D eigenvalue weighted by molar-refractivity contribution is 0.425. The fourth-order valence-electron chi connectivity index (χ4n) is 0.736. The molecular formula is C8H12BNO2. The van der Waals surface area contributed by atoms with E-state index < -0.39 is 32.3 Å². The second-order valence-corrected chi connectivity index (χ2v) is 2.26. The zero-order valence-electron chi connectivity index (χ0n) is 13.2. The van der Waals surface area contributed by atoms with Crippen LogP contribution in [0.25, 0.3) is 0 Å². The molecule has 0 bridgehead atoms. The van der Waals surface area contributed by atoms with E-state index in [2.05, 4.69) is 4.98 Å². The van der Waals surface area contributed by atoms with Crippen LogP contribution in [0.15, 0.2) is 18.5 Å². The van der Waals surface area contributed by atoms with Crippen LogP contribution in [0.4, 0.5) is 0 Å². The van der Waals surface area contributed by atoms with Crippen molar-refractivity contribution in [1.29, 1.82) is 0 Å². The van der Waals surface area contributed by atoms with Crippen molar-refractivity contribution in [3.8, 4) is 0 Å². The maximum atomic E-state index is 8.99. The predicted molar refractivity (Wildman–Crippen MR) is 48.2 cm³/mol. The van der Waals surface area contributed by atoms with Crippen molar-refractivity contribution in [3.05, 3.63) is 24.0 Å². The molecule has 1 aromatic rings. The summed E-state index contributed by atoms with van der Waals surface area (Å²) in [4.78, 5) is 3.56. The summed E-state index contributed by atoms with van der Waals surface area (Å²) in [5.41, 5.74) is -0.597. The first kappa shape index (κ1) is 3.48. The third-order valence-corrected chi connectivity index (χ3v) is 1.35. The Kier molecular flexibility index (Phi) is 1.07. The van der Waals surface area contributed by atoms with Crippen LogP contribution in [0, 0.1) is 0 Å². The van der Waals surface area contributed by atoms with Crippen molar-refractivity contribution in [2.24, 2.45) is 0 Å². The van der Waals surface area contributed by atoms with E-state index in [9.17, 15) is 0 Å². The first-order valence-electron chi connectivity index (χ1n) is 6.73. The molecule has 1 heterocycles. The number of aromatic nitrogens is 1. The SMILES string of the molecule is [2H]C([2H])([2H])C([2H])(c1cncc(B(O)O)c1)C([2H])([2H])[2H]. The van der Waals surface area contributed by atoms with Crippen LogP contribution >= 0.6 is 0 Å². The van der Waals surface area contributed by atoms with E-state index in [1.165, 1.54) is 0 Å². The van der Waals surface area contributed by atoms with Gasteiger partial charge in [-0.2, -0.15) is 0 Å². The van der Waals surface area contributed by atoms with Crippen molar-refractivity contribution in [2.75, 3.05) is 0 Å². The summed E-state index contributed by atoms with van der Waals surface area (Å²) in [6.45, 7) is -6.25. The van der Waals surface area contributed by atoms with Gasteiger partial charge in [-0.05, 0) is 11.5 Å². The maximum absolute atomic E-state index is 8.99. The molecule has 3 nitrogen and oxygen atoms in total. The van der Waals surface area contributed by atoms with Gasteiger partial charge in [0.05, 0.1) is 0 Å². The van der Waals surface area contributed by atoms with Gasteiger partial charge < -0.3 is 10.0 Å². The van der Waals surface area contributed by atoms with Crippen LogP contribution in [0.5, 0.6) is 0 Å². The maximum Gasteiger partial charge on any atom is 0.490 e. The molecular weight excluding hydrogens is 153 g/mol. The summed E-state index contributed by atoms with van der Waals surface area (Å²) >= 11 is 0. The Morgan fingerprint density at radius 2 is 2.33 bits per heavy atom. The van der Waals surface area contributed by atoms with Crippen molar-refractivity contribution in [2.45, 2.75) is 19.6 Å². The van der Waals surface area contributed by atoms with Crippen LogP contribution in [0.3, 0.4) is 0 Å². The van der Waals surface area contributed by atoms with Crippen LogP contribution in [-0.4, -0.2) is 22.2 Å². The third-order valence-electron chi connectivity index (χ3n) is 1.35. The summed E-state index contributed by atoms with van der Waals surface area (Å²) < 4.78 is 51.6. The Hall–Kier alpha value is -0.865. The summed E-state index contributed by atoms with van der Waals surface area (Å²) in [6, 6.07) is 0.948. The quantitative estimate of drug-likeness (QED) is 0.611. The molecule has 0 radical (unpaired) electrons. The van der Waals surface area contributed by atoms with Gasteiger partial charge in [0.25, 0.3) is 0 Å². The minimum absolute atomic E-state index is 0.178. The highest BCUT2D eigenvalue weighted by Gasteiger charge is 2.12. The number of pyridine rings is 1. The van der Waals surface area contributed by atoms with Crippen LogP contribution in [0.1, 0.15) is 34.8 Å². The molecule has 0 aromatic carbocycles. The number of rotatable bonds is 2. The normalized spacial score (nSPS) is 22.0. The fourth-order valence-corrected chi connectivity index (χ4v) is 0.736. The third kappa shape index (κ3) is 2.06. The summed E-state index contributed by atoms with van der Waals surface area (Å²) in [6.07, 6.45) is 1.98. The first-order chi connectivity index (χ1) is 8.41. The van der Waals surface area contributed by atoms with Gasteiger partial charge in [-0.25, -0.2) is 0 Å². The number of nitrogens with zero attached hydrogens (tertiary/aromatic N) is 1. The molecule has 4 heteroatoms. The smallest absolute Gasteiger partial charge is 0.423 e. The van der Waals surface area contributed by atoms with Gasteiger partial charge in [-0.1, -0.05) is 19.8 Å². The average Bonchev–Trinajstić information content (AvgIpc) is 2.25. The van der Waals surface area contributed by atoms with Crippen molar-refractivity contribution in [1.82, 2.24) is 4.98 Å². The van der Waals surface area contributed by atoms with Crippen molar-refractivity contribution in [3.63, 3.8) is 0 Å². The summed E-state index contributed by atoms with van der Waals surface area (Å²) in [5, 5.41) is 18.0. The molecule has 0 spiro atoms. The summed E-state index contributed by atoms with van der Waals surface area (Å²) in [7, 11) is -1.93. The van der Waals surface area contributed by atoms with Crippen LogP contribution < -0.4 is 5.46 Å². The second-order valence-electron chi connectivity index (χ2n) is 2.26. The lowest BCUT2D eigenvalue weighted by Gasteiger charge is -2.05. The highest BCUT2D eigenvalue weighted by atomic mass is 16.4. The molecule has 0 unspecified atom stereocenters. The number of hydrogen-bond donors (Lipinski definition) is 2. The molecule has 0 aliphatic heterocycles. The van der Waals surface area contributed by atoms with E-state index in [-0.39, 0.29) is 5.46 Å². The molecule has 1 rings (SSSR count). The van der Waals surface area contributed by atoms with Gasteiger partial charge in [0.2, 0.25) is 0 Å². The molecule has 0 fully saturated rings. The second kappa shape index (κ2) is 3.69. The van der Waals surface area contributed by atoms with Crippen LogP contribution in [-0.2, 0) is 0 Å². The Balaban J connectivity index is 3.48. The molecule has 1 aromatic heterocycles. The molecule has 0 amide bonds. The Bertz CT molecular complexity index is 445. The monoisotopic (exact) mass is 172 g/mol. The number of hydrogen-bond acceptors (Lipinski definition) is 3. The molecule has 0 aliphatic carbocycles. The molecule has 2 N–H and O–H groups in total. The van der Waals surface area contributed by atoms with Gasteiger partial charge in [0, 0.05) is 27.5 Å². The minimum atomic E-state index is -3.13. The van der Waals surface area contributed by atoms with Gasteiger partial charge in [-0.15, -0.1) is 0 Å².